The maximum absolute atomic E-state index is 5.96. The van der Waals surface area contributed by atoms with Crippen LogP contribution >= 0.6 is 11.6 Å². The van der Waals surface area contributed by atoms with Crippen molar-refractivity contribution in [2.24, 2.45) is 0 Å². The normalized spacial score (nSPS) is 10.1. The van der Waals surface area contributed by atoms with Gasteiger partial charge in [-0.2, -0.15) is 0 Å². The summed E-state index contributed by atoms with van der Waals surface area (Å²) in [6, 6.07) is 14.2. The highest BCUT2D eigenvalue weighted by atomic mass is 35.5. The Labute approximate surface area is 106 Å². The van der Waals surface area contributed by atoms with Gasteiger partial charge in [-0.25, -0.2) is 0 Å². The molecule has 0 spiro atoms. The summed E-state index contributed by atoms with van der Waals surface area (Å²) >= 11 is 5.96. The van der Waals surface area contributed by atoms with Gasteiger partial charge in [0.2, 0.25) is 0 Å². The Morgan fingerprint density at radius 3 is 2.18 bits per heavy atom. The molecule has 0 bridgehead atoms. The van der Waals surface area contributed by atoms with E-state index in [-0.39, 0.29) is 0 Å². The minimum Gasteiger partial charge on any atom is -0.497 e. The molecule has 1 radical (unpaired) electrons. The smallest absolute Gasteiger partial charge is 0.123 e. The zero-order chi connectivity index (χ0) is 12.3. The maximum Gasteiger partial charge on any atom is 0.123 e. The molecule has 2 aromatic rings. The fraction of sp³-hybridized carbons (Fsp3) is 0.143. The summed E-state index contributed by atoms with van der Waals surface area (Å²) in [5.74, 6) is 1.49. The Kier molecular flexibility index (Phi) is 3.55. The third-order valence-corrected chi connectivity index (χ3v) is 2.66. The lowest BCUT2D eigenvalue weighted by Crippen LogP contribution is -1.88. The molecule has 17 heavy (non-hydrogen) atoms. The summed E-state index contributed by atoms with van der Waals surface area (Å²) in [5, 5.41) is 0.681. The molecule has 0 N–H and O–H groups in total. The van der Waals surface area contributed by atoms with E-state index in [0.29, 0.717) is 5.02 Å². The molecule has 0 saturated carbocycles. The van der Waals surface area contributed by atoms with Crippen LogP contribution in [-0.2, 0) is 0 Å². The van der Waals surface area contributed by atoms with Crippen LogP contribution in [0.4, 0.5) is 0 Å². The molecular formula is C14H12ClO2. The lowest BCUT2D eigenvalue weighted by atomic mass is 10.1. The number of methoxy groups -OCH3 is 2. The number of ether oxygens (including phenoxy) is 2. The number of rotatable bonds is 3. The Balaban J connectivity index is 2.50. The molecule has 0 aliphatic heterocycles. The van der Waals surface area contributed by atoms with Crippen LogP contribution in [0.25, 0.3) is 11.1 Å². The lowest BCUT2D eigenvalue weighted by Gasteiger charge is -2.08. The minimum atomic E-state index is 0.681. The number of hydrogen-bond acceptors (Lipinski definition) is 2. The van der Waals surface area contributed by atoms with Gasteiger partial charge in [-0.15, -0.1) is 0 Å². The molecule has 0 heterocycles. The van der Waals surface area contributed by atoms with Gasteiger partial charge in [-0.05, 0) is 41.5 Å². The van der Waals surface area contributed by atoms with Gasteiger partial charge in [0.25, 0.3) is 0 Å². The van der Waals surface area contributed by atoms with Gasteiger partial charge in [0.1, 0.15) is 11.5 Å². The van der Waals surface area contributed by atoms with Crippen LogP contribution < -0.4 is 9.47 Å². The van der Waals surface area contributed by atoms with E-state index in [0.717, 1.165) is 22.6 Å². The van der Waals surface area contributed by atoms with Gasteiger partial charge in [-0.3, -0.25) is 0 Å². The molecular weight excluding hydrogens is 236 g/mol. The molecule has 2 nitrogen and oxygen atoms in total. The Morgan fingerprint density at radius 2 is 1.65 bits per heavy atom. The van der Waals surface area contributed by atoms with Gasteiger partial charge in [0, 0.05) is 11.1 Å². The minimum absolute atomic E-state index is 0.681. The molecule has 0 aliphatic carbocycles. The van der Waals surface area contributed by atoms with Crippen molar-refractivity contribution in [1.29, 1.82) is 0 Å². The average molecular weight is 248 g/mol. The van der Waals surface area contributed by atoms with Crippen molar-refractivity contribution in [3.8, 4) is 22.6 Å². The summed E-state index contributed by atoms with van der Waals surface area (Å²) in [6.07, 6.45) is 0. The first-order valence-electron chi connectivity index (χ1n) is 5.13. The van der Waals surface area contributed by atoms with E-state index in [4.69, 9.17) is 21.1 Å². The molecule has 0 amide bonds. The monoisotopic (exact) mass is 247 g/mol. The summed E-state index contributed by atoms with van der Waals surface area (Å²) in [6.45, 7) is 0. The molecule has 0 aromatic heterocycles. The molecule has 0 saturated heterocycles. The SMILES string of the molecule is COc1cc(OC)cc(-c2[c]ccc(Cl)c2)c1. The van der Waals surface area contributed by atoms with Crippen molar-refractivity contribution in [1.82, 2.24) is 0 Å². The van der Waals surface area contributed by atoms with Crippen molar-refractivity contribution in [2.45, 2.75) is 0 Å². The van der Waals surface area contributed by atoms with Crippen LogP contribution in [0.1, 0.15) is 0 Å². The predicted molar refractivity (Wildman–Crippen MR) is 68.8 cm³/mol. The number of hydrogen-bond donors (Lipinski definition) is 0. The average Bonchev–Trinajstić information content (AvgIpc) is 2.38. The van der Waals surface area contributed by atoms with Crippen LogP contribution in [0, 0.1) is 6.07 Å². The van der Waals surface area contributed by atoms with Gasteiger partial charge < -0.3 is 9.47 Å². The van der Waals surface area contributed by atoms with Crippen molar-refractivity contribution < 1.29 is 9.47 Å². The maximum atomic E-state index is 5.96. The van der Waals surface area contributed by atoms with Gasteiger partial charge in [0.05, 0.1) is 14.2 Å². The zero-order valence-corrected chi connectivity index (χ0v) is 10.4. The zero-order valence-electron chi connectivity index (χ0n) is 9.66. The summed E-state index contributed by atoms with van der Waals surface area (Å²) in [4.78, 5) is 0. The van der Waals surface area contributed by atoms with Gasteiger partial charge in [-0.1, -0.05) is 17.7 Å². The molecule has 87 valence electrons. The molecule has 3 heteroatoms. The fourth-order valence-corrected chi connectivity index (χ4v) is 1.74. The van der Waals surface area contributed by atoms with Crippen molar-refractivity contribution in [2.75, 3.05) is 14.2 Å². The van der Waals surface area contributed by atoms with E-state index in [1.54, 1.807) is 26.4 Å². The van der Waals surface area contributed by atoms with E-state index in [1.165, 1.54) is 0 Å². The quantitative estimate of drug-likeness (QED) is 0.821. The first-order valence-corrected chi connectivity index (χ1v) is 5.51. The second kappa shape index (κ2) is 5.11. The fourth-order valence-electron chi connectivity index (χ4n) is 1.57. The molecule has 0 aliphatic rings. The first-order chi connectivity index (χ1) is 8.22. The van der Waals surface area contributed by atoms with E-state index in [9.17, 15) is 0 Å². The number of halogens is 1. The Hall–Kier alpha value is -1.67. The largest absolute Gasteiger partial charge is 0.497 e. The topological polar surface area (TPSA) is 18.5 Å². The van der Waals surface area contributed by atoms with Crippen LogP contribution in [0.3, 0.4) is 0 Å². The van der Waals surface area contributed by atoms with E-state index < -0.39 is 0 Å². The summed E-state index contributed by atoms with van der Waals surface area (Å²) < 4.78 is 10.4. The van der Waals surface area contributed by atoms with E-state index in [2.05, 4.69) is 6.07 Å². The standard InChI is InChI=1S/C14H12ClO2/c1-16-13-7-11(8-14(9-13)17-2)10-4-3-5-12(15)6-10/h3,5-9H,1-2H3. The molecule has 0 unspecified atom stereocenters. The molecule has 2 rings (SSSR count). The lowest BCUT2D eigenvalue weighted by molar-refractivity contribution is 0.394. The Morgan fingerprint density at radius 1 is 1.00 bits per heavy atom. The van der Waals surface area contributed by atoms with Crippen molar-refractivity contribution in [3.63, 3.8) is 0 Å². The molecule has 0 fully saturated rings. The predicted octanol–water partition coefficient (Wildman–Crippen LogP) is 3.82. The highest BCUT2D eigenvalue weighted by molar-refractivity contribution is 6.30. The van der Waals surface area contributed by atoms with Crippen LogP contribution in [-0.4, -0.2) is 14.2 Å². The van der Waals surface area contributed by atoms with Crippen LogP contribution in [0.15, 0.2) is 36.4 Å². The summed E-state index contributed by atoms with van der Waals surface area (Å²) in [5.41, 5.74) is 1.87. The molecule has 0 atom stereocenters. The third kappa shape index (κ3) is 2.71. The van der Waals surface area contributed by atoms with E-state index in [1.807, 2.05) is 24.3 Å². The highest BCUT2D eigenvalue weighted by Gasteiger charge is 2.04. The first kappa shape index (κ1) is 11.8. The van der Waals surface area contributed by atoms with E-state index >= 15 is 0 Å². The highest BCUT2D eigenvalue weighted by Crippen LogP contribution is 2.30. The van der Waals surface area contributed by atoms with Crippen LogP contribution in [0.2, 0.25) is 5.02 Å². The molecule has 2 aromatic carbocycles. The second-order valence-electron chi connectivity index (χ2n) is 3.52. The number of benzene rings is 2. The third-order valence-electron chi connectivity index (χ3n) is 2.43. The van der Waals surface area contributed by atoms with Gasteiger partial charge in [0.15, 0.2) is 0 Å². The van der Waals surface area contributed by atoms with Crippen molar-refractivity contribution in [3.05, 3.63) is 47.5 Å². The van der Waals surface area contributed by atoms with Crippen LogP contribution in [0.5, 0.6) is 11.5 Å². The Bertz CT molecular complexity index is 501. The second-order valence-corrected chi connectivity index (χ2v) is 3.96. The van der Waals surface area contributed by atoms with Crippen molar-refractivity contribution >= 4 is 11.6 Å². The van der Waals surface area contributed by atoms with Gasteiger partial charge >= 0.3 is 0 Å². The summed E-state index contributed by atoms with van der Waals surface area (Å²) in [7, 11) is 3.25.